The summed E-state index contributed by atoms with van der Waals surface area (Å²) in [4.78, 5) is 21.6. The van der Waals surface area contributed by atoms with E-state index in [-0.39, 0.29) is 18.3 Å². The van der Waals surface area contributed by atoms with Gasteiger partial charge in [0.25, 0.3) is 0 Å². The first-order valence-electron chi connectivity index (χ1n) is 4.54. The second-order valence-electron chi connectivity index (χ2n) is 3.27. The van der Waals surface area contributed by atoms with Gasteiger partial charge >= 0.3 is 5.97 Å². The zero-order valence-corrected chi connectivity index (χ0v) is 7.79. The van der Waals surface area contributed by atoms with E-state index in [2.05, 4.69) is 0 Å². The van der Waals surface area contributed by atoms with Crippen molar-refractivity contribution in [1.82, 2.24) is 0 Å². The van der Waals surface area contributed by atoms with Crippen LogP contribution in [0.25, 0.3) is 0 Å². The van der Waals surface area contributed by atoms with Crippen molar-refractivity contribution >= 4 is 11.8 Å². The molecule has 0 radical (unpaired) electrons. The van der Waals surface area contributed by atoms with Crippen LogP contribution in [0, 0.1) is 0 Å². The monoisotopic (exact) mass is 182 g/mol. The van der Waals surface area contributed by atoms with Crippen LogP contribution in [0.15, 0.2) is 12.2 Å². The van der Waals surface area contributed by atoms with Crippen LogP contribution in [0.3, 0.4) is 0 Å². The van der Waals surface area contributed by atoms with Crippen LogP contribution >= 0.6 is 0 Å². The average molecular weight is 182 g/mol. The zero-order valence-electron chi connectivity index (χ0n) is 7.79. The molecule has 0 aliphatic heterocycles. The molecule has 0 aromatic heterocycles. The minimum absolute atomic E-state index is 0.107. The van der Waals surface area contributed by atoms with Gasteiger partial charge in [-0.3, -0.25) is 9.59 Å². The number of carbonyl (C=O) groups excluding carboxylic acids is 2. The second kappa shape index (κ2) is 4.80. The summed E-state index contributed by atoms with van der Waals surface area (Å²) in [6.45, 7) is 1.39. The number of hydrogen-bond donors (Lipinski definition) is 0. The molecule has 72 valence electrons. The van der Waals surface area contributed by atoms with Crippen molar-refractivity contribution in [3.8, 4) is 0 Å². The maximum absolute atomic E-state index is 11.0. The van der Waals surface area contributed by atoms with E-state index >= 15 is 0 Å². The van der Waals surface area contributed by atoms with Crippen LogP contribution in [0.5, 0.6) is 0 Å². The molecule has 3 nitrogen and oxygen atoms in total. The van der Waals surface area contributed by atoms with Gasteiger partial charge in [0.05, 0.1) is 0 Å². The summed E-state index contributed by atoms with van der Waals surface area (Å²) in [6.07, 6.45) is 6.66. The van der Waals surface area contributed by atoms with Gasteiger partial charge in [0.2, 0.25) is 0 Å². The van der Waals surface area contributed by atoms with Gasteiger partial charge in [-0.05, 0) is 32.3 Å². The number of rotatable bonds is 3. The van der Waals surface area contributed by atoms with Crippen molar-refractivity contribution in [2.75, 3.05) is 0 Å². The number of ether oxygens (including phenoxy) is 1. The lowest BCUT2D eigenvalue weighted by molar-refractivity contribution is -0.149. The smallest absolute Gasteiger partial charge is 0.313 e. The van der Waals surface area contributed by atoms with E-state index in [1.807, 2.05) is 12.2 Å². The van der Waals surface area contributed by atoms with Gasteiger partial charge in [-0.1, -0.05) is 6.08 Å². The molecule has 0 aromatic carbocycles. The SMILES string of the molecule is CC(=O)CC(=O)OC1C=CCCC1. The Morgan fingerprint density at radius 1 is 1.54 bits per heavy atom. The number of Topliss-reactive ketones (excluding diaryl/α,β-unsaturated/α-hetero) is 1. The van der Waals surface area contributed by atoms with Gasteiger partial charge in [-0.2, -0.15) is 0 Å². The van der Waals surface area contributed by atoms with Crippen LogP contribution in [0.1, 0.15) is 32.6 Å². The maximum Gasteiger partial charge on any atom is 0.313 e. The quantitative estimate of drug-likeness (QED) is 0.378. The Kier molecular flexibility index (Phi) is 3.68. The average Bonchev–Trinajstić information content (AvgIpc) is 2.04. The number of hydrogen-bond acceptors (Lipinski definition) is 3. The molecule has 1 rings (SSSR count). The first kappa shape index (κ1) is 9.96. The van der Waals surface area contributed by atoms with Gasteiger partial charge in [0.15, 0.2) is 0 Å². The zero-order chi connectivity index (χ0) is 9.68. The van der Waals surface area contributed by atoms with Crippen molar-refractivity contribution in [2.45, 2.75) is 38.7 Å². The molecule has 0 heterocycles. The Morgan fingerprint density at radius 2 is 2.31 bits per heavy atom. The lowest BCUT2D eigenvalue weighted by atomic mass is 10.1. The van der Waals surface area contributed by atoms with Gasteiger partial charge < -0.3 is 4.74 Å². The Bertz CT molecular complexity index is 230. The van der Waals surface area contributed by atoms with E-state index in [4.69, 9.17) is 4.74 Å². The predicted molar refractivity (Wildman–Crippen MR) is 48.2 cm³/mol. The van der Waals surface area contributed by atoms with Crippen molar-refractivity contribution in [3.63, 3.8) is 0 Å². The highest BCUT2D eigenvalue weighted by molar-refractivity contribution is 5.94. The van der Waals surface area contributed by atoms with Crippen molar-refractivity contribution in [3.05, 3.63) is 12.2 Å². The highest BCUT2D eigenvalue weighted by atomic mass is 16.5. The molecule has 0 N–H and O–H groups in total. The summed E-state index contributed by atoms with van der Waals surface area (Å²) in [5.74, 6) is -0.561. The molecular weight excluding hydrogens is 168 g/mol. The van der Waals surface area contributed by atoms with Gasteiger partial charge in [-0.25, -0.2) is 0 Å². The lowest BCUT2D eigenvalue weighted by Gasteiger charge is -2.16. The lowest BCUT2D eigenvalue weighted by Crippen LogP contribution is -2.19. The highest BCUT2D eigenvalue weighted by Gasteiger charge is 2.14. The standard InChI is InChI=1S/C10H14O3/c1-8(11)7-10(12)13-9-5-3-2-4-6-9/h3,5,9H,2,4,6-7H2,1H3. The molecule has 0 spiro atoms. The van der Waals surface area contributed by atoms with Crippen LogP contribution in [-0.4, -0.2) is 17.9 Å². The number of ketones is 1. The molecule has 1 atom stereocenters. The Balaban J connectivity index is 2.30. The van der Waals surface area contributed by atoms with Crippen LogP contribution in [0.2, 0.25) is 0 Å². The molecule has 0 saturated carbocycles. The van der Waals surface area contributed by atoms with E-state index in [0.717, 1.165) is 19.3 Å². The largest absolute Gasteiger partial charge is 0.458 e. The van der Waals surface area contributed by atoms with Crippen LogP contribution in [-0.2, 0) is 14.3 Å². The first-order chi connectivity index (χ1) is 6.18. The number of carbonyl (C=O) groups is 2. The minimum atomic E-state index is -0.413. The summed E-state index contributed by atoms with van der Waals surface area (Å²) in [6, 6.07) is 0. The first-order valence-corrected chi connectivity index (χ1v) is 4.54. The fraction of sp³-hybridized carbons (Fsp3) is 0.600. The molecular formula is C10H14O3. The normalized spacial score (nSPS) is 21.2. The fourth-order valence-corrected chi connectivity index (χ4v) is 1.29. The van der Waals surface area contributed by atoms with Gasteiger partial charge in [0, 0.05) is 0 Å². The third-order valence-electron chi connectivity index (χ3n) is 1.89. The molecule has 0 saturated heterocycles. The molecule has 0 amide bonds. The van der Waals surface area contributed by atoms with Gasteiger partial charge in [0.1, 0.15) is 18.3 Å². The summed E-state index contributed by atoms with van der Waals surface area (Å²) in [5, 5.41) is 0. The van der Waals surface area contributed by atoms with E-state index in [1.54, 1.807) is 0 Å². The van der Waals surface area contributed by atoms with E-state index in [1.165, 1.54) is 6.92 Å². The van der Waals surface area contributed by atoms with Crippen molar-refractivity contribution in [1.29, 1.82) is 0 Å². The fourth-order valence-electron chi connectivity index (χ4n) is 1.29. The van der Waals surface area contributed by atoms with E-state index in [0.29, 0.717) is 0 Å². The maximum atomic E-state index is 11.0. The molecule has 1 aliphatic rings. The summed E-state index contributed by atoms with van der Waals surface area (Å²) < 4.78 is 5.06. The van der Waals surface area contributed by atoms with E-state index < -0.39 is 5.97 Å². The number of esters is 1. The topological polar surface area (TPSA) is 43.4 Å². The Hall–Kier alpha value is -1.12. The summed E-state index contributed by atoms with van der Waals surface area (Å²) >= 11 is 0. The van der Waals surface area contributed by atoms with Crippen molar-refractivity contribution in [2.24, 2.45) is 0 Å². The van der Waals surface area contributed by atoms with Crippen LogP contribution in [0.4, 0.5) is 0 Å². The van der Waals surface area contributed by atoms with Crippen LogP contribution < -0.4 is 0 Å². The predicted octanol–water partition coefficient (Wildman–Crippen LogP) is 1.62. The number of allylic oxidation sites excluding steroid dienone is 1. The van der Waals surface area contributed by atoms with E-state index in [9.17, 15) is 9.59 Å². The minimum Gasteiger partial charge on any atom is -0.458 e. The molecule has 1 aliphatic carbocycles. The Morgan fingerprint density at radius 3 is 2.85 bits per heavy atom. The highest BCUT2D eigenvalue weighted by Crippen LogP contribution is 2.13. The molecule has 3 heteroatoms. The second-order valence-corrected chi connectivity index (χ2v) is 3.27. The van der Waals surface area contributed by atoms with Gasteiger partial charge in [-0.15, -0.1) is 0 Å². The third kappa shape index (κ3) is 3.87. The molecule has 13 heavy (non-hydrogen) atoms. The molecule has 0 aromatic rings. The molecule has 1 unspecified atom stereocenters. The molecule has 0 bridgehead atoms. The summed E-state index contributed by atoms with van der Waals surface area (Å²) in [7, 11) is 0. The Labute approximate surface area is 77.8 Å². The summed E-state index contributed by atoms with van der Waals surface area (Å²) in [5.41, 5.74) is 0. The molecule has 0 fully saturated rings. The van der Waals surface area contributed by atoms with Crippen molar-refractivity contribution < 1.29 is 14.3 Å². The third-order valence-corrected chi connectivity index (χ3v) is 1.89.